The van der Waals surface area contributed by atoms with Gasteiger partial charge in [0, 0.05) is 21.5 Å². The number of rotatable bonds is 9. The fraction of sp³-hybridized carbons (Fsp3) is 0. The molecule has 1 aromatic heterocycles. The maximum Gasteiger partial charge on any atom is 0.296 e. The first-order valence-electron chi connectivity index (χ1n) is 14.5. The van der Waals surface area contributed by atoms with Crippen LogP contribution < -0.4 is 11.2 Å². The van der Waals surface area contributed by atoms with Crippen LogP contribution in [0.3, 0.4) is 0 Å². The van der Waals surface area contributed by atoms with Crippen molar-refractivity contribution in [2.24, 2.45) is 25.4 Å². The molecule has 0 unspecified atom stereocenters. The number of H-pyrrole nitrogens is 2. The number of aromatic amines is 2. The second-order valence-electron chi connectivity index (χ2n) is 11.0. The molecule has 26 heteroatoms. The second-order valence-corrected chi connectivity index (χ2v) is 17.0. The molecule has 0 aliphatic heterocycles. The molecule has 5 aromatic carbocycles. The molecular weight excluding hydrogens is 830 g/mol. The molecule has 0 amide bonds. The van der Waals surface area contributed by atoms with Crippen molar-refractivity contribution in [1.29, 1.82) is 5.41 Å². The molecule has 0 saturated heterocycles. The van der Waals surface area contributed by atoms with E-state index in [9.17, 15) is 51.9 Å². The van der Waals surface area contributed by atoms with Gasteiger partial charge in [-0.2, -0.15) is 38.7 Å². The number of benzene rings is 5. The van der Waals surface area contributed by atoms with E-state index in [0.717, 1.165) is 18.2 Å². The van der Waals surface area contributed by atoms with Gasteiger partial charge < -0.3 is 4.98 Å². The largest absolute Gasteiger partial charge is 0.300 e. The van der Waals surface area contributed by atoms with Gasteiger partial charge in [0.2, 0.25) is 16.5 Å². The number of nitrogens with one attached hydrogen (secondary N) is 3. The third-order valence-corrected chi connectivity index (χ3v) is 11.1. The minimum Gasteiger partial charge on any atom is -0.300 e. The Labute approximate surface area is 313 Å². The quantitative estimate of drug-likeness (QED) is 0.0725. The van der Waals surface area contributed by atoms with Gasteiger partial charge in [0.15, 0.2) is 0 Å². The zero-order chi connectivity index (χ0) is 40.1. The Hall–Kier alpha value is -5.64. The SMILES string of the molecule is N=c1nc(Cl)[nH]c(=Nc2ccc(N=Nc3ccc(N=Nc4cc(S(=O)(=O)O)ccc4S(=O)(=O)O)c4cc(S(=O)(=O)O)ccc34)c3cccc(S(=O)(=O)O)c23)[nH]1. The Morgan fingerprint density at radius 2 is 1.07 bits per heavy atom. The Bertz CT molecular complexity index is 3260. The van der Waals surface area contributed by atoms with Gasteiger partial charge in [0.05, 0.1) is 32.5 Å². The number of nitrogens with zero attached hydrogens (tertiary/aromatic N) is 6. The summed E-state index contributed by atoms with van der Waals surface area (Å²) in [5, 5.41) is 23.8. The summed E-state index contributed by atoms with van der Waals surface area (Å²) in [5.74, 6) is 0. The topological polar surface area (TPSA) is 348 Å². The van der Waals surface area contributed by atoms with Gasteiger partial charge in [0.1, 0.15) is 15.5 Å². The lowest BCUT2D eigenvalue weighted by Gasteiger charge is -2.10. The van der Waals surface area contributed by atoms with E-state index in [-0.39, 0.29) is 60.8 Å². The van der Waals surface area contributed by atoms with Gasteiger partial charge in [0.25, 0.3) is 40.5 Å². The zero-order valence-corrected chi connectivity index (χ0v) is 30.8. The Morgan fingerprint density at radius 3 is 1.65 bits per heavy atom. The summed E-state index contributed by atoms with van der Waals surface area (Å²) in [5.41, 5.74) is -1.32. The third kappa shape index (κ3) is 8.53. The normalized spacial score (nSPS) is 13.4. The summed E-state index contributed by atoms with van der Waals surface area (Å²) in [4.78, 5) is 10.2. The molecule has 0 bridgehead atoms. The molecule has 1 heterocycles. The van der Waals surface area contributed by atoms with Crippen LogP contribution in [0.25, 0.3) is 21.5 Å². The van der Waals surface area contributed by atoms with Crippen molar-refractivity contribution in [3.63, 3.8) is 0 Å². The van der Waals surface area contributed by atoms with Gasteiger partial charge in [-0.05, 0) is 72.3 Å². The molecule has 55 heavy (non-hydrogen) atoms. The van der Waals surface area contributed by atoms with Crippen LogP contribution in [-0.4, -0.2) is 66.8 Å². The average Bonchev–Trinajstić information content (AvgIpc) is 3.08. The van der Waals surface area contributed by atoms with Crippen LogP contribution in [0.5, 0.6) is 0 Å². The Morgan fingerprint density at radius 1 is 0.545 bits per heavy atom. The molecule has 0 spiro atoms. The molecular formula is C29H20ClN9O12S4. The standard InChI is InChI=1S/C29H20ClN9O12S4/c30-27-33-28(31)35-29(34-27)32-22-10-9-20(17-2-1-3-25(26(17)22)55(49,50)51)37-36-19-7-8-21(18-12-14(52(40,41)42)4-6-16(18)19)38-39-23-13-15(53(43,44)45)5-11-24(23)54(46,47)48/h1-13H,(H,40,41,42)(H,43,44,45)(H,46,47,48)(H,49,50,51)(H3,31,32,33,34,35). The van der Waals surface area contributed by atoms with Crippen molar-refractivity contribution >= 4 is 102 Å². The van der Waals surface area contributed by atoms with Gasteiger partial charge in [-0.1, -0.05) is 18.2 Å². The van der Waals surface area contributed by atoms with Gasteiger partial charge in [-0.3, -0.25) is 28.6 Å². The number of hydrogen-bond acceptors (Lipinski definition) is 15. The molecule has 0 fully saturated rings. The maximum atomic E-state index is 12.4. The lowest BCUT2D eigenvalue weighted by Crippen LogP contribution is -2.25. The smallest absolute Gasteiger partial charge is 0.296 e. The molecule has 6 aromatic rings. The van der Waals surface area contributed by atoms with Crippen molar-refractivity contribution < 1.29 is 51.9 Å². The fourth-order valence-electron chi connectivity index (χ4n) is 5.11. The summed E-state index contributed by atoms with van der Waals surface area (Å²) in [7, 11) is -19.5. The van der Waals surface area contributed by atoms with E-state index in [4.69, 9.17) is 17.0 Å². The van der Waals surface area contributed by atoms with Gasteiger partial charge in [-0.15, -0.1) is 20.5 Å². The van der Waals surface area contributed by atoms with Crippen molar-refractivity contribution in [2.75, 3.05) is 0 Å². The summed E-state index contributed by atoms with van der Waals surface area (Å²) in [6.45, 7) is 0. The van der Waals surface area contributed by atoms with E-state index >= 15 is 0 Å². The van der Waals surface area contributed by atoms with Crippen molar-refractivity contribution in [3.8, 4) is 0 Å². The predicted molar refractivity (Wildman–Crippen MR) is 191 cm³/mol. The summed E-state index contributed by atoms with van der Waals surface area (Å²) in [6.07, 6.45) is 0. The first-order valence-corrected chi connectivity index (χ1v) is 20.7. The highest BCUT2D eigenvalue weighted by molar-refractivity contribution is 7.86. The number of aromatic nitrogens is 3. The number of halogens is 1. The van der Waals surface area contributed by atoms with Crippen molar-refractivity contribution in [1.82, 2.24) is 15.0 Å². The van der Waals surface area contributed by atoms with Crippen LogP contribution in [0.1, 0.15) is 0 Å². The highest BCUT2D eigenvalue weighted by atomic mass is 35.5. The van der Waals surface area contributed by atoms with E-state index in [1.807, 2.05) is 0 Å². The minimum atomic E-state index is -5.00. The summed E-state index contributed by atoms with van der Waals surface area (Å²) >= 11 is 5.89. The highest BCUT2D eigenvalue weighted by Crippen LogP contribution is 2.40. The third-order valence-electron chi connectivity index (χ3n) is 7.41. The molecule has 6 rings (SSSR count). The molecule has 0 atom stereocenters. The highest BCUT2D eigenvalue weighted by Gasteiger charge is 2.21. The lowest BCUT2D eigenvalue weighted by molar-refractivity contribution is 0.478. The average molecular weight is 850 g/mol. The molecule has 0 radical (unpaired) electrons. The van der Waals surface area contributed by atoms with Crippen LogP contribution in [0.2, 0.25) is 5.28 Å². The molecule has 7 N–H and O–H groups in total. The van der Waals surface area contributed by atoms with Crippen LogP contribution in [-0.2, 0) is 40.5 Å². The van der Waals surface area contributed by atoms with E-state index in [2.05, 4.69) is 40.4 Å². The maximum absolute atomic E-state index is 12.4. The molecule has 0 aliphatic carbocycles. The Kier molecular flexibility index (Phi) is 10.1. The first-order chi connectivity index (χ1) is 25.6. The van der Waals surface area contributed by atoms with Crippen molar-refractivity contribution in [2.45, 2.75) is 19.6 Å². The Balaban J connectivity index is 1.53. The monoisotopic (exact) mass is 849 g/mol. The van der Waals surface area contributed by atoms with Crippen LogP contribution in [0.4, 0.5) is 28.4 Å². The van der Waals surface area contributed by atoms with Crippen LogP contribution in [0.15, 0.2) is 124 Å². The zero-order valence-electron chi connectivity index (χ0n) is 26.8. The van der Waals surface area contributed by atoms with Crippen LogP contribution >= 0.6 is 11.6 Å². The number of hydrogen-bond donors (Lipinski definition) is 7. The van der Waals surface area contributed by atoms with Crippen LogP contribution in [0, 0.1) is 5.41 Å². The first kappa shape index (κ1) is 39.1. The molecule has 21 nitrogen and oxygen atoms in total. The van der Waals surface area contributed by atoms with Gasteiger partial charge in [-0.25, -0.2) is 4.99 Å². The fourth-order valence-corrected chi connectivity index (χ4v) is 7.62. The van der Waals surface area contributed by atoms with E-state index in [0.29, 0.717) is 18.2 Å². The van der Waals surface area contributed by atoms with E-state index in [1.54, 1.807) is 0 Å². The molecule has 0 saturated carbocycles. The van der Waals surface area contributed by atoms with E-state index < -0.39 is 65.7 Å². The number of azo groups is 2. The second kappa shape index (κ2) is 14.2. The predicted octanol–water partition coefficient (Wildman–Crippen LogP) is 5.23. The molecule has 284 valence electrons. The summed E-state index contributed by atoms with van der Waals surface area (Å²) in [6, 6.07) is 14.4. The molecule has 0 aliphatic rings. The van der Waals surface area contributed by atoms with Gasteiger partial charge >= 0.3 is 0 Å². The van der Waals surface area contributed by atoms with Crippen molar-refractivity contribution in [3.05, 3.63) is 95.4 Å². The lowest BCUT2D eigenvalue weighted by atomic mass is 10.1. The summed E-state index contributed by atoms with van der Waals surface area (Å²) < 4.78 is 135. The number of fused-ring (bicyclic) bond motifs is 2. The van der Waals surface area contributed by atoms with E-state index in [1.165, 1.54) is 42.5 Å². The minimum absolute atomic E-state index is 0.0199.